The number of primary amides is 1. The van der Waals surface area contributed by atoms with Crippen LogP contribution in [0.15, 0.2) is 22.7 Å². The lowest BCUT2D eigenvalue weighted by atomic mass is 10.1. The Hall–Kier alpha value is -1.89. The molecule has 3 amide bonds. The number of imide groups is 1. The van der Waals surface area contributed by atoms with Crippen LogP contribution in [-0.4, -0.2) is 23.8 Å². The number of benzene rings is 1. The summed E-state index contributed by atoms with van der Waals surface area (Å²) in [5.74, 6) is -0.605. The van der Waals surface area contributed by atoms with Crippen molar-refractivity contribution in [2.45, 2.75) is 20.0 Å². The summed E-state index contributed by atoms with van der Waals surface area (Å²) < 4.78 is 6.08. The third-order valence-corrected chi connectivity index (χ3v) is 2.73. The Morgan fingerprint density at radius 3 is 2.53 bits per heavy atom. The van der Waals surface area contributed by atoms with Crippen molar-refractivity contribution in [3.63, 3.8) is 0 Å². The molecule has 0 aliphatic heterocycles. The molecule has 0 aromatic heterocycles. The molecule has 19 heavy (non-hydrogen) atoms. The summed E-state index contributed by atoms with van der Waals surface area (Å²) in [6.07, 6.45) is -0.952. The first-order valence-corrected chi connectivity index (χ1v) is 6.18. The van der Waals surface area contributed by atoms with Crippen LogP contribution in [0, 0.1) is 0 Å². The van der Waals surface area contributed by atoms with Crippen molar-refractivity contribution in [2.24, 2.45) is 5.73 Å². The van der Waals surface area contributed by atoms with Gasteiger partial charge >= 0.3 is 6.03 Å². The van der Waals surface area contributed by atoms with Gasteiger partial charge in [-0.2, -0.15) is 0 Å². The quantitative estimate of drug-likeness (QED) is 0.820. The largest absolute Gasteiger partial charge is 0.480 e. The molecule has 3 N–H and O–H groups in total. The van der Waals surface area contributed by atoms with Crippen molar-refractivity contribution in [1.29, 1.82) is 0 Å². The van der Waals surface area contributed by atoms with E-state index >= 15 is 0 Å². The zero-order valence-corrected chi connectivity index (χ0v) is 12.0. The number of rotatable bonds is 4. The fourth-order valence-corrected chi connectivity index (χ4v) is 1.71. The number of nitrogens with one attached hydrogen (secondary N) is 1. The highest BCUT2D eigenvalue weighted by Crippen LogP contribution is 2.24. The minimum absolute atomic E-state index is 0.196. The fourth-order valence-electron chi connectivity index (χ4n) is 1.35. The SMILES string of the molecule is CC(=O)c1cc(Br)ccc1O[C@@H](C)C(=O)NC(N)=O. The summed E-state index contributed by atoms with van der Waals surface area (Å²) in [6.45, 7) is 2.84. The van der Waals surface area contributed by atoms with E-state index in [1.165, 1.54) is 13.8 Å². The van der Waals surface area contributed by atoms with Crippen molar-refractivity contribution in [1.82, 2.24) is 5.32 Å². The van der Waals surface area contributed by atoms with Gasteiger partial charge in [0.2, 0.25) is 0 Å². The van der Waals surface area contributed by atoms with Crippen LogP contribution in [0.1, 0.15) is 24.2 Å². The number of hydrogen-bond acceptors (Lipinski definition) is 4. The lowest BCUT2D eigenvalue weighted by Gasteiger charge is -2.15. The monoisotopic (exact) mass is 328 g/mol. The van der Waals surface area contributed by atoms with Crippen molar-refractivity contribution in [3.8, 4) is 5.75 Å². The number of carbonyl (C=O) groups is 3. The molecule has 1 rings (SSSR count). The number of urea groups is 1. The molecule has 0 saturated carbocycles. The van der Waals surface area contributed by atoms with Crippen LogP contribution in [0.3, 0.4) is 0 Å². The molecular formula is C12H13BrN2O4. The van der Waals surface area contributed by atoms with E-state index in [9.17, 15) is 14.4 Å². The van der Waals surface area contributed by atoms with Crippen LogP contribution in [-0.2, 0) is 4.79 Å². The maximum atomic E-state index is 11.5. The van der Waals surface area contributed by atoms with Gasteiger partial charge in [0.15, 0.2) is 11.9 Å². The highest BCUT2D eigenvalue weighted by atomic mass is 79.9. The molecule has 7 heteroatoms. The smallest absolute Gasteiger partial charge is 0.318 e. The first-order chi connectivity index (χ1) is 8.81. The summed E-state index contributed by atoms with van der Waals surface area (Å²) in [7, 11) is 0. The number of amides is 3. The molecule has 0 spiro atoms. The Labute approximate surface area is 118 Å². The van der Waals surface area contributed by atoms with E-state index in [1.54, 1.807) is 18.2 Å². The van der Waals surface area contributed by atoms with Crippen LogP contribution in [0.4, 0.5) is 4.79 Å². The second kappa shape index (κ2) is 6.33. The standard InChI is InChI=1S/C12H13BrN2O4/c1-6(16)9-5-8(13)3-4-10(9)19-7(2)11(17)15-12(14)18/h3-5,7H,1-2H3,(H3,14,15,17,18)/t7-/m0/s1. The van der Waals surface area contributed by atoms with Crippen LogP contribution >= 0.6 is 15.9 Å². The number of ether oxygens (including phenoxy) is 1. The van der Waals surface area contributed by atoms with Crippen LogP contribution in [0.25, 0.3) is 0 Å². The van der Waals surface area contributed by atoms with Gasteiger partial charge in [-0.15, -0.1) is 0 Å². The van der Waals surface area contributed by atoms with Gasteiger partial charge < -0.3 is 10.5 Å². The average molecular weight is 329 g/mol. The first-order valence-electron chi connectivity index (χ1n) is 5.38. The second-order valence-electron chi connectivity index (χ2n) is 3.81. The molecule has 0 bridgehead atoms. The summed E-state index contributed by atoms with van der Waals surface area (Å²) in [5, 5.41) is 1.90. The summed E-state index contributed by atoms with van der Waals surface area (Å²) in [5.41, 5.74) is 5.18. The highest BCUT2D eigenvalue weighted by molar-refractivity contribution is 9.10. The molecule has 1 atom stereocenters. The normalized spacial score (nSPS) is 11.5. The van der Waals surface area contributed by atoms with Crippen molar-refractivity contribution in [3.05, 3.63) is 28.2 Å². The molecule has 0 aliphatic rings. The van der Waals surface area contributed by atoms with E-state index in [4.69, 9.17) is 10.5 Å². The van der Waals surface area contributed by atoms with Gasteiger partial charge in [-0.1, -0.05) is 15.9 Å². The van der Waals surface area contributed by atoms with E-state index < -0.39 is 18.0 Å². The predicted octanol–water partition coefficient (Wildman–Crippen LogP) is 1.61. The van der Waals surface area contributed by atoms with Crippen LogP contribution < -0.4 is 15.8 Å². The maximum absolute atomic E-state index is 11.5. The van der Waals surface area contributed by atoms with Gasteiger partial charge in [-0.25, -0.2) is 4.79 Å². The fraction of sp³-hybridized carbons (Fsp3) is 0.250. The highest BCUT2D eigenvalue weighted by Gasteiger charge is 2.18. The van der Waals surface area contributed by atoms with Gasteiger partial charge in [0.1, 0.15) is 5.75 Å². The molecule has 0 aliphatic carbocycles. The lowest BCUT2D eigenvalue weighted by Crippen LogP contribution is -2.42. The Bertz CT molecular complexity index is 530. The zero-order valence-electron chi connectivity index (χ0n) is 10.4. The van der Waals surface area contributed by atoms with Crippen molar-refractivity contribution >= 4 is 33.7 Å². The number of ketones is 1. The van der Waals surface area contributed by atoms with E-state index in [2.05, 4.69) is 15.9 Å². The van der Waals surface area contributed by atoms with E-state index in [0.717, 1.165) is 4.47 Å². The minimum atomic E-state index is -0.956. The Kier molecular flexibility index (Phi) is 5.05. The third-order valence-electron chi connectivity index (χ3n) is 2.24. The van der Waals surface area contributed by atoms with E-state index in [-0.39, 0.29) is 11.5 Å². The van der Waals surface area contributed by atoms with E-state index in [1.807, 2.05) is 5.32 Å². The molecule has 102 valence electrons. The number of nitrogens with two attached hydrogens (primary N) is 1. The second-order valence-corrected chi connectivity index (χ2v) is 4.73. The van der Waals surface area contributed by atoms with Gasteiger partial charge in [0, 0.05) is 4.47 Å². The maximum Gasteiger partial charge on any atom is 0.318 e. The van der Waals surface area contributed by atoms with Gasteiger partial charge in [0.05, 0.1) is 5.56 Å². The van der Waals surface area contributed by atoms with Gasteiger partial charge in [0.25, 0.3) is 5.91 Å². The summed E-state index contributed by atoms with van der Waals surface area (Å²) in [6, 6.07) is 3.88. The summed E-state index contributed by atoms with van der Waals surface area (Å²) >= 11 is 3.24. The first kappa shape index (κ1) is 15.2. The number of halogens is 1. The molecule has 1 aromatic carbocycles. The number of carbonyl (C=O) groups excluding carboxylic acids is 3. The molecule has 0 radical (unpaired) electrons. The van der Waals surface area contributed by atoms with Gasteiger partial charge in [-0.05, 0) is 32.0 Å². The number of Topliss-reactive ketones (excluding diaryl/α,β-unsaturated/α-hetero) is 1. The van der Waals surface area contributed by atoms with Crippen molar-refractivity contribution in [2.75, 3.05) is 0 Å². The predicted molar refractivity (Wildman–Crippen MR) is 72.0 cm³/mol. The zero-order chi connectivity index (χ0) is 14.6. The Morgan fingerprint density at radius 2 is 2.00 bits per heavy atom. The number of hydrogen-bond donors (Lipinski definition) is 2. The van der Waals surface area contributed by atoms with Gasteiger partial charge in [-0.3, -0.25) is 14.9 Å². The average Bonchev–Trinajstić information content (AvgIpc) is 2.30. The Morgan fingerprint density at radius 1 is 1.37 bits per heavy atom. The van der Waals surface area contributed by atoms with E-state index in [0.29, 0.717) is 5.56 Å². The molecule has 0 fully saturated rings. The lowest BCUT2D eigenvalue weighted by molar-refractivity contribution is -0.126. The molecule has 0 unspecified atom stereocenters. The van der Waals surface area contributed by atoms with Crippen LogP contribution in [0.5, 0.6) is 5.75 Å². The molecule has 0 saturated heterocycles. The molecular weight excluding hydrogens is 316 g/mol. The third kappa shape index (κ3) is 4.36. The topological polar surface area (TPSA) is 98.5 Å². The van der Waals surface area contributed by atoms with Crippen LogP contribution in [0.2, 0.25) is 0 Å². The van der Waals surface area contributed by atoms with Crippen molar-refractivity contribution < 1.29 is 19.1 Å². The molecule has 6 nitrogen and oxygen atoms in total. The minimum Gasteiger partial charge on any atom is -0.480 e. The molecule has 0 heterocycles. The summed E-state index contributed by atoms with van der Waals surface area (Å²) in [4.78, 5) is 33.5. The molecule has 1 aromatic rings. The Balaban J connectivity index is 2.90.